The lowest BCUT2D eigenvalue weighted by molar-refractivity contribution is 1.13. The third kappa shape index (κ3) is 4.33. The van der Waals surface area contributed by atoms with Gasteiger partial charge in [0.25, 0.3) is 0 Å². The summed E-state index contributed by atoms with van der Waals surface area (Å²) in [5, 5.41) is 43.8. The Morgan fingerprint density at radius 2 is 0.940 bits per heavy atom. The Labute approximate surface area is 285 Å². The van der Waals surface area contributed by atoms with Gasteiger partial charge in [0.15, 0.2) is 11.4 Å². The average molecular weight is 635 g/mol. The molecule has 0 aliphatic rings. The predicted molar refractivity (Wildman–Crippen MR) is 192 cm³/mol. The molecule has 0 N–H and O–H groups in total. The summed E-state index contributed by atoms with van der Waals surface area (Å²) in [6.45, 7) is 15.4. The van der Waals surface area contributed by atoms with E-state index < -0.39 is 0 Å². The lowest BCUT2D eigenvalue weighted by atomic mass is 9.98. The first-order valence-electron chi connectivity index (χ1n) is 15.3. The first-order valence-corrected chi connectivity index (χ1v) is 15.3. The highest BCUT2D eigenvalue weighted by molar-refractivity contribution is 6.12. The summed E-state index contributed by atoms with van der Waals surface area (Å²) in [6.07, 6.45) is 0. The van der Waals surface area contributed by atoms with Gasteiger partial charge in [-0.2, -0.15) is 21.0 Å². The van der Waals surface area contributed by atoms with Gasteiger partial charge in [-0.05, 0) is 66.2 Å². The molecule has 0 unspecified atom stereocenters. The van der Waals surface area contributed by atoms with E-state index in [2.05, 4.69) is 34.0 Å². The molecule has 0 aliphatic carbocycles. The number of rotatable bonds is 3. The molecule has 2 aromatic heterocycles. The van der Waals surface area contributed by atoms with Crippen LogP contribution in [0.3, 0.4) is 0 Å². The molecule has 0 amide bonds. The number of fused-ring (bicyclic) bond motifs is 6. The minimum Gasteiger partial charge on any atom is -0.310 e. The quantitative estimate of drug-likeness (QED) is 0.180. The van der Waals surface area contributed by atoms with Crippen LogP contribution in [-0.2, 0) is 0 Å². The second-order valence-electron chi connectivity index (χ2n) is 11.7. The zero-order valence-corrected chi connectivity index (χ0v) is 26.0. The van der Waals surface area contributed by atoms with E-state index in [9.17, 15) is 21.0 Å². The Bertz CT molecular complexity index is 2920. The molecular formula is C42H18N8. The molecule has 8 heteroatoms. The van der Waals surface area contributed by atoms with Gasteiger partial charge in [-0.15, -0.1) is 0 Å². The molecule has 0 saturated carbocycles. The zero-order chi connectivity index (χ0) is 34.5. The van der Waals surface area contributed by atoms with E-state index in [1.807, 2.05) is 45.5 Å². The van der Waals surface area contributed by atoms with Gasteiger partial charge >= 0.3 is 0 Å². The third-order valence-electron chi connectivity index (χ3n) is 9.04. The second-order valence-corrected chi connectivity index (χ2v) is 11.7. The summed E-state index contributed by atoms with van der Waals surface area (Å²) in [7, 11) is 0. The minimum absolute atomic E-state index is 0.308. The smallest absolute Gasteiger partial charge is 0.189 e. The monoisotopic (exact) mass is 634 g/mol. The van der Waals surface area contributed by atoms with Crippen molar-refractivity contribution in [2.75, 3.05) is 0 Å². The predicted octanol–water partition coefficient (Wildman–Crippen LogP) is 10.1. The molecule has 0 atom stereocenters. The number of nitrogens with zero attached hydrogens (tertiary/aromatic N) is 8. The van der Waals surface area contributed by atoms with E-state index in [1.165, 1.54) is 0 Å². The Morgan fingerprint density at radius 1 is 0.460 bits per heavy atom. The highest BCUT2D eigenvalue weighted by atomic mass is 15.0. The maximum absolute atomic E-state index is 10.8. The summed E-state index contributed by atoms with van der Waals surface area (Å²) >= 11 is 0. The zero-order valence-electron chi connectivity index (χ0n) is 26.0. The van der Waals surface area contributed by atoms with E-state index in [-0.39, 0.29) is 0 Å². The molecule has 8 rings (SSSR count). The van der Waals surface area contributed by atoms with Crippen molar-refractivity contribution < 1.29 is 0 Å². The highest BCUT2D eigenvalue weighted by Gasteiger charge is 2.22. The van der Waals surface area contributed by atoms with Gasteiger partial charge < -0.3 is 9.13 Å². The fourth-order valence-electron chi connectivity index (χ4n) is 6.84. The Balaban J connectivity index is 1.57. The molecule has 6 aromatic carbocycles. The van der Waals surface area contributed by atoms with Gasteiger partial charge in [-0.25, -0.2) is 9.69 Å². The normalized spacial score (nSPS) is 10.7. The van der Waals surface area contributed by atoms with Crippen LogP contribution in [0.1, 0.15) is 22.3 Å². The van der Waals surface area contributed by atoms with E-state index in [1.54, 1.807) is 72.8 Å². The van der Waals surface area contributed by atoms with E-state index in [0.717, 1.165) is 27.1 Å². The van der Waals surface area contributed by atoms with Crippen LogP contribution in [0.4, 0.5) is 11.4 Å². The van der Waals surface area contributed by atoms with Gasteiger partial charge in [0.1, 0.15) is 6.07 Å². The molecular weight excluding hydrogens is 617 g/mol. The van der Waals surface area contributed by atoms with Crippen LogP contribution in [0.5, 0.6) is 0 Å². The average Bonchev–Trinajstić information content (AvgIpc) is 3.67. The van der Waals surface area contributed by atoms with E-state index in [4.69, 9.17) is 13.1 Å². The second kappa shape index (κ2) is 11.3. The summed E-state index contributed by atoms with van der Waals surface area (Å²) in [4.78, 5) is 7.34. The van der Waals surface area contributed by atoms with Gasteiger partial charge in [-0.3, -0.25) is 0 Å². The molecule has 0 aliphatic heterocycles. The number of nitriles is 4. The lowest BCUT2D eigenvalue weighted by Crippen LogP contribution is -2.04. The standard InChI is InChI=1S/C42H18N8/c1-47-30-8-12-34-32-10-6-26(22-44)15-38(32)49(41(34)18-30)37-20-36(28-5-3-4-25(14-28)21-43)40(17-29(37)24-46)50-39-16-27(23-45)7-11-33(39)35-13-9-31(48-2)19-42(35)50/h3-20H. The molecule has 0 saturated heterocycles. The van der Waals surface area contributed by atoms with Crippen LogP contribution in [0.25, 0.3) is 75.8 Å². The first kappa shape index (κ1) is 29.3. The minimum atomic E-state index is 0.308. The van der Waals surface area contributed by atoms with Crippen molar-refractivity contribution in [1.82, 2.24) is 9.13 Å². The fourth-order valence-corrected chi connectivity index (χ4v) is 6.84. The number of benzene rings is 6. The summed E-state index contributed by atoms with van der Waals surface area (Å²) < 4.78 is 3.88. The van der Waals surface area contributed by atoms with Crippen molar-refractivity contribution >= 4 is 55.0 Å². The molecule has 2 heterocycles. The van der Waals surface area contributed by atoms with Crippen LogP contribution in [-0.4, -0.2) is 9.13 Å². The Kier molecular flexibility index (Phi) is 6.60. The van der Waals surface area contributed by atoms with Gasteiger partial charge in [0, 0.05) is 38.1 Å². The Morgan fingerprint density at radius 3 is 1.44 bits per heavy atom. The fraction of sp³-hybridized carbons (Fsp3) is 0. The van der Waals surface area contributed by atoms with Crippen molar-refractivity contribution in [2.45, 2.75) is 0 Å². The van der Waals surface area contributed by atoms with Crippen LogP contribution in [0.2, 0.25) is 0 Å². The molecule has 50 heavy (non-hydrogen) atoms. The van der Waals surface area contributed by atoms with Crippen molar-refractivity contribution in [1.29, 1.82) is 21.0 Å². The number of hydrogen-bond donors (Lipinski definition) is 0. The molecule has 0 spiro atoms. The maximum atomic E-state index is 10.8. The van der Waals surface area contributed by atoms with Crippen molar-refractivity contribution in [3.8, 4) is 46.8 Å². The molecule has 0 radical (unpaired) electrons. The highest BCUT2D eigenvalue weighted by Crippen LogP contribution is 2.42. The molecule has 0 fully saturated rings. The molecule has 0 bridgehead atoms. The van der Waals surface area contributed by atoms with Gasteiger partial charge in [0.2, 0.25) is 0 Å². The third-order valence-corrected chi connectivity index (χ3v) is 9.04. The Hall–Kier alpha value is -8.14. The molecule has 8 nitrogen and oxygen atoms in total. The van der Waals surface area contributed by atoms with Crippen molar-refractivity contribution in [2.24, 2.45) is 0 Å². The van der Waals surface area contributed by atoms with Crippen molar-refractivity contribution in [3.05, 3.63) is 154 Å². The molecule has 226 valence electrons. The van der Waals surface area contributed by atoms with E-state index in [0.29, 0.717) is 72.7 Å². The van der Waals surface area contributed by atoms with E-state index >= 15 is 0 Å². The summed E-state index contributed by atoms with van der Waals surface area (Å²) in [5.74, 6) is 0. The number of hydrogen-bond acceptors (Lipinski definition) is 4. The van der Waals surface area contributed by atoms with Crippen LogP contribution >= 0.6 is 0 Å². The largest absolute Gasteiger partial charge is 0.310 e. The van der Waals surface area contributed by atoms with Crippen molar-refractivity contribution in [3.63, 3.8) is 0 Å². The lowest BCUT2D eigenvalue weighted by Gasteiger charge is -2.19. The van der Waals surface area contributed by atoms with Gasteiger partial charge in [0.05, 0.1) is 76.0 Å². The topological polar surface area (TPSA) is 114 Å². The summed E-state index contributed by atoms with van der Waals surface area (Å²) in [5.41, 5.74) is 7.84. The molecule has 8 aromatic rings. The summed E-state index contributed by atoms with van der Waals surface area (Å²) in [6, 6.07) is 41.7. The van der Waals surface area contributed by atoms with Crippen LogP contribution in [0, 0.1) is 58.5 Å². The maximum Gasteiger partial charge on any atom is 0.189 e. The van der Waals surface area contributed by atoms with Crippen LogP contribution in [0.15, 0.2) is 109 Å². The van der Waals surface area contributed by atoms with Crippen LogP contribution < -0.4 is 0 Å². The number of aromatic nitrogens is 2. The first-order chi connectivity index (χ1) is 24.5. The SMILES string of the molecule is [C-]#[N+]c1ccc2c3ccc(C#N)cc3n(-c3cc(-c4cccc(C#N)c4)c(-n4c5cc(C#N)ccc5c5ccc([N+]#[C-])cc54)cc3C#N)c2c1. The van der Waals surface area contributed by atoms with Gasteiger partial charge in [-0.1, -0.05) is 48.5 Å².